The van der Waals surface area contributed by atoms with E-state index in [1.807, 2.05) is 0 Å². The van der Waals surface area contributed by atoms with Crippen LogP contribution in [0.3, 0.4) is 0 Å². The van der Waals surface area contributed by atoms with Crippen LogP contribution in [0.15, 0.2) is 35.9 Å². The fourth-order valence-corrected chi connectivity index (χ4v) is 2.20. The van der Waals surface area contributed by atoms with Crippen LogP contribution < -0.4 is 4.90 Å². The highest BCUT2D eigenvalue weighted by molar-refractivity contribution is 5.47. The molecule has 0 saturated heterocycles. The van der Waals surface area contributed by atoms with Crippen molar-refractivity contribution in [2.45, 2.75) is 25.7 Å². The largest absolute Gasteiger partial charge is 0.378 e. The van der Waals surface area contributed by atoms with E-state index in [1.54, 1.807) is 0 Å². The van der Waals surface area contributed by atoms with Crippen molar-refractivity contribution in [2.24, 2.45) is 0 Å². The van der Waals surface area contributed by atoms with Gasteiger partial charge >= 0.3 is 0 Å². The van der Waals surface area contributed by atoms with Crippen molar-refractivity contribution in [1.82, 2.24) is 0 Å². The molecule has 0 heterocycles. The van der Waals surface area contributed by atoms with E-state index in [0.717, 1.165) is 5.92 Å². The molecule has 1 aliphatic rings. The molecule has 0 N–H and O–H groups in total. The average Bonchev–Trinajstić information content (AvgIpc) is 2.65. The van der Waals surface area contributed by atoms with Crippen molar-refractivity contribution in [3.63, 3.8) is 0 Å². The summed E-state index contributed by atoms with van der Waals surface area (Å²) >= 11 is 0. The number of allylic oxidation sites excluding steroid dienone is 2. The quantitative estimate of drug-likeness (QED) is 0.661. The summed E-state index contributed by atoms with van der Waals surface area (Å²) in [7, 11) is 4.16. The number of hydrogen-bond donors (Lipinski definition) is 0. The minimum absolute atomic E-state index is 0.723. The standard InChI is InChI=1S/C14H19N/c1-11-4-5-13(10-11)12-6-8-14(9-7-12)15(2)3/h4,6-9,13H,5,10H2,1-3H3. The van der Waals surface area contributed by atoms with Gasteiger partial charge < -0.3 is 4.90 Å². The first-order valence-electron chi connectivity index (χ1n) is 5.60. The van der Waals surface area contributed by atoms with Crippen LogP contribution in [0.25, 0.3) is 0 Å². The lowest BCUT2D eigenvalue weighted by molar-refractivity contribution is 0.741. The second kappa shape index (κ2) is 4.09. The Balaban J connectivity index is 2.11. The van der Waals surface area contributed by atoms with Gasteiger partial charge in [0.25, 0.3) is 0 Å². The Morgan fingerprint density at radius 2 is 1.80 bits per heavy atom. The Bertz CT molecular complexity index is 359. The Morgan fingerprint density at radius 1 is 1.13 bits per heavy atom. The molecule has 0 radical (unpaired) electrons. The Hall–Kier alpha value is -1.24. The van der Waals surface area contributed by atoms with E-state index >= 15 is 0 Å². The summed E-state index contributed by atoms with van der Waals surface area (Å²) in [6.45, 7) is 2.23. The van der Waals surface area contributed by atoms with Gasteiger partial charge in [-0.25, -0.2) is 0 Å². The molecule has 2 rings (SSSR count). The van der Waals surface area contributed by atoms with Crippen molar-refractivity contribution < 1.29 is 0 Å². The zero-order valence-electron chi connectivity index (χ0n) is 9.83. The molecule has 0 aromatic heterocycles. The zero-order chi connectivity index (χ0) is 10.8. The smallest absolute Gasteiger partial charge is 0.0361 e. The molecule has 1 nitrogen and oxygen atoms in total. The fraction of sp³-hybridized carbons (Fsp3) is 0.429. The highest BCUT2D eigenvalue weighted by Crippen LogP contribution is 2.33. The van der Waals surface area contributed by atoms with E-state index in [9.17, 15) is 0 Å². The maximum absolute atomic E-state index is 2.37. The van der Waals surface area contributed by atoms with Gasteiger partial charge in [-0.1, -0.05) is 23.8 Å². The molecule has 1 aliphatic carbocycles. The second-order valence-electron chi connectivity index (χ2n) is 4.67. The molecule has 80 valence electrons. The molecule has 0 amide bonds. The SMILES string of the molecule is CC1=CCC(c2ccc(N(C)C)cc2)C1. The van der Waals surface area contributed by atoms with Crippen LogP contribution >= 0.6 is 0 Å². The van der Waals surface area contributed by atoms with E-state index < -0.39 is 0 Å². The molecular formula is C14H19N. The van der Waals surface area contributed by atoms with Crippen molar-refractivity contribution in [2.75, 3.05) is 19.0 Å². The van der Waals surface area contributed by atoms with Gasteiger partial charge in [-0.15, -0.1) is 0 Å². The first-order valence-corrected chi connectivity index (χ1v) is 5.60. The summed E-state index contributed by atoms with van der Waals surface area (Å²) in [5.41, 5.74) is 4.30. The lowest BCUT2D eigenvalue weighted by Gasteiger charge is -2.15. The monoisotopic (exact) mass is 201 g/mol. The van der Waals surface area contributed by atoms with Crippen molar-refractivity contribution in [1.29, 1.82) is 0 Å². The summed E-state index contributed by atoms with van der Waals surface area (Å²) in [6.07, 6.45) is 4.82. The molecule has 15 heavy (non-hydrogen) atoms. The van der Waals surface area contributed by atoms with Gasteiger partial charge in [0, 0.05) is 19.8 Å². The van der Waals surface area contributed by atoms with Crippen molar-refractivity contribution in [3.8, 4) is 0 Å². The highest BCUT2D eigenvalue weighted by atomic mass is 15.1. The summed E-state index contributed by atoms with van der Waals surface area (Å²) in [4.78, 5) is 2.14. The van der Waals surface area contributed by atoms with Crippen LogP contribution in [0.4, 0.5) is 5.69 Å². The van der Waals surface area contributed by atoms with E-state index in [4.69, 9.17) is 0 Å². The third-order valence-corrected chi connectivity index (χ3v) is 3.20. The number of hydrogen-bond acceptors (Lipinski definition) is 1. The topological polar surface area (TPSA) is 3.24 Å². The van der Waals surface area contributed by atoms with Crippen LogP contribution in [0.1, 0.15) is 31.2 Å². The van der Waals surface area contributed by atoms with Crippen LogP contribution in [0.5, 0.6) is 0 Å². The van der Waals surface area contributed by atoms with Crippen LogP contribution in [-0.4, -0.2) is 14.1 Å². The summed E-state index contributed by atoms with van der Waals surface area (Å²) in [5.74, 6) is 0.723. The van der Waals surface area contributed by atoms with Gasteiger partial charge in [0.05, 0.1) is 0 Å². The van der Waals surface area contributed by atoms with Gasteiger partial charge in [0.15, 0.2) is 0 Å². The first kappa shape index (κ1) is 10.3. The molecule has 0 fully saturated rings. The molecule has 0 saturated carbocycles. The minimum Gasteiger partial charge on any atom is -0.378 e. The maximum atomic E-state index is 2.37. The van der Waals surface area contributed by atoms with Gasteiger partial charge in [-0.05, 0) is 43.4 Å². The summed E-state index contributed by atoms with van der Waals surface area (Å²) in [5, 5.41) is 0. The van der Waals surface area contributed by atoms with Crippen molar-refractivity contribution in [3.05, 3.63) is 41.5 Å². The van der Waals surface area contributed by atoms with E-state index in [-0.39, 0.29) is 0 Å². The lowest BCUT2D eigenvalue weighted by atomic mass is 9.96. The van der Waals surface area contributed by atoms with Gasteiger partial charge in [0.1, 0.15) is 0 Å². The van der Waals surface area contributed by atoms with Gasteiger partial charge in [-0.2, -0.15) is 0 Å². The molecule has 0 bridgehead atoms. The van der Waals surface area contributed by atoms with Crippen LogP contribution in [-0.2, 0) is 0 Å². The van der Waals surface area contributed by atoms with Gasteiger partial charge in [-0.3, -0.25) is 0 Å². The summed E-state index contributed by atoms with van der Waals surface area (Å²) < 4.78 is 0. The third kappa shape index (κ3) is 2.23. The second-order valence-corrected chi connectivity index (χ2v) is 4.67. The Kier molecular flexibility index (Phi) is 2.81. The van der Waals surface area contributed by atoms with Crippen LogP contribution in [0, 0.1) is 0 Å². The number of rotatable bonds is 2. The Morgan fingerprint density at radius 3 is 2.27 bits per heavy atom. The number of anilines is 1. The van der Waals surface area contributed by atoms with E-state index in [1.165, 1.54) is 29.7 Å². The molecule has 1 heteroatoms. The molecule has 1 atom stereocenters. The lowest BCUT2D eigenvalue weighted by Crippen LogP contribution is -2.08. The number of benzene rings is 1. The predicted molar refractivity (Wildman–Crippen MR) is 66.5 cm³/mol. The third-order valence-electron chi connectivity index (χ3n) is 3.20. The Labute approximate surface area is 92.4 Å². The molecule has 1 aromatic carbocycles. The highest BCUT2D eigenvalue weighted by Gasteiger charge is 2.15. The van der Waals surface area contributed by atoms with Gasteiger partial charge in [0.2, 0.25) is 0 Å². The van der Waals surface area contributed by atoms with Crippen molar-refractivity contribution >= 4 is 5.69 Å². The minimum atomic E-state index is 0.723. The molecular weight excluding hydrogens is 182 g/mol. The van der Waals surface area contributed by atoms with Crippen LogP contribution in [0.2, 0.25) is 0 Å². The molecule has 0 aliphatic heterocycles. The molecule has 0 spiro atoms. The molecule has 1 unspecified atom stereocenters. The summed E-state index contributed by atoms with van der Waals surface area (Å²) in [6, 6.07) is 8.96. The number of nitrogens with zero attached hydrogens (tertiary/aromatic N) is 1. The molecule has 1 aromatic rings. The predicted octanol–water partition coefficient (Wildman–Crippen LogP) is 3.58. The first-order chi connectivity index (χ1) is 7.16. The maximum Gasteiger partial charge on any atom is 0.0361 e. The fourth-order valence-electron chi connectivity index (χ4n) is 2.20. The van der Waals surface area contributed by atoms with E-state index in [2.05, 4.69) is 56.3 Å². The van der Waals surface area contributed by atoms with E-state index in [0.29, 0.717) is 0 Å². The average molecular weight is 201 g/mol. The zero-order valence-corrected chi connectivity index (χ0v) is 9.83. The normalized spacial score (nSPS) is 20.2.